The highest BCUT2D eigenvalue weighted by Gasteiger charge is 2.30. The number of halogens is 1. The second kappa shape index (κ2) is 6.02. The third-order valence-electron chi connectivity index (χ3n) is 3.06. The van der Waals surface area contributed by atoms with Gasteiger partial charge in [0.2, 0.25) is 0 Å². The van der Waals surface area contributed by atoms with Crippen molar-refractivity contribution in [3.63, 3.8) is 0 Å². The molecule has 0 spiro atoms. The molecule has 2 rings (SSSR count). The Labute approximate surface area is 115 Å². The lowest BCUT2D eigenvalue weighted by Gasteiger charge is -2.16. The third-order valence-corrected chi connectivity index (χ3v) is 4.47. The Morgan fingerprint density at radius 2 is 2.44 bits per heavy atom. The van der Waals surface area contributed by atoms with Gasteiger partial charge in [-0.05, 0) is 31.9 Å². The topological polar surface area (TPSA) is 58.6 Å². The van der Waals surface area contributed by atoms with Crippen LogP contribution in [0.25, 0.3) is 0 Å². The van der Waals surface area contributed by atoms with E-state index in [1.165, 1.54) is 4.88 Å². The van der Waals surface area contributed by atoms with Crippen LogP contribution in [-0.4, -0.2) is 29.8 Å². The average molecular weight is 290 g/mol. The molecular formula is C12H16ClNO3S. The number of rotatable bonds is 5. The maximum Gasteiger partial charge on any atom is 0.332 e. The van der Waals surface area contributed by atoms with E-state index in [9.17, 15) is 4.79 Å². The van der Waals surface area contributed by atoms with Gasteiger partial charge in [0.15, 0.2) is 6.10 Å². The van der Waals surface area contributed by atoms with Gasteiger partial charge in [-0.1, -0.05) is 11.6 Å². The molecule has 18 heavy (non-hydrogen) atoms. The van der Waals surface area contributed by atoms with E-state index in [2.05, 4.69) is 12.2 Å². The minimum atomic E-state index is -0.865. The Morgan fingerprint density at radius 3 is 3.00 bits per heavy atom. The summed E-state index contributed by atoms with van der Waals surface area (Å²) >= 11 is 7.44. The van der Waals surface area contributed by atoms with Gasteiger partial charge in [0, 0.05) is 17.5 Å². The molecule has 0 saturated carbocycles. The Kier molecular flexibility index (Phi) is 4.61. The van der Waals surface area contributed by atoms with E-state index in [-0.39, 0.29) is 12.1 Å². The molecule has 0 bridgehead atoms. The first-order valence-electron chi connectivity index (χ1n) is 5.93. The summed E-state index contributed by atoms with van der Waals surface area (Å²) in [6, 6.07) is 4.09. The van der Waals surface area contributed by atoms with Crippen LogP contribution < -0.4 is 5.32 Å². The molecule has 0 aliphatic carbocycles. The summed E-state index contributed by atoms with van der Waals surface area (Å²) in [5.41, 5.74) is 0. The fourth-order valence-electron chi connectivity index (χ4n) is 2.01. The Bertz CT molecular complexity index is 423. The molecule has 0 aromatic carbocycles. The molecule has 1 aromatic heterocycles. The maximum atomic E-state index is 10.8. The largest absolute Gasteiger partial charge is 0.479 e. The van der Waals surface area contributed by atoms with Gasteiger partial charge in [0.25, 0.3) is 0 Å². The van der Waals surface area contributed by atoms with Crippen LogP contribution in [-0.2, 0) is 9.53 Å². The van der Waals surface area contributed by atoms with Gasteiger partial charge < -0.3 is 15.2 Å². The molecule has 1 fully saturated rings. The molecule has 3 atom stereocenters. The zero-order valence-electron chi connectivity index (χ0n) is 10.1. The van der Waals surface area contributed by atoms with Gasteiger partial charge in [-0.2, -0.15) is 0 Å². The molecule has 0 amide bonds. The van der Waals surface area contributed by atoms with Crippen LogP contribution in [0.1, 0.15) is 30.7 Å². The second-order valence-electron chi connectivity index (χ2n) is 4.43. The van der Waals surface area contributed by atoms with Crippen molar-refractivity contribution in [1.29, 1.82) is 0 Å². The molecule has 4 nitrogen and oxygen atoms in total. The highest BCUT2D eigenvalue weighted by Crippen LogP contribution is 2.27. The Morgan fingerprint density at radius 1 is 1.67 bits per heavy atom. The van der Waals surface area contributed by atoms with E-state index >= 15 is 0 Å². The third kappa shape index (κ3) is 3.45. The van der Waals surface area contributed by atoms with E-state index in [4.69, 9.17) is 21.4 Å². The molecule has 6 heteroatoms. The summed E-state index contributed by atoms with van der Waals surface area (Å²) in [4.78, 5) is 11.9. The lowest BCUT2D eigenvalue weighted by atomic mass is 10.2. The number of hydrogen-bond donors (Lipinski definition) is 2. The molecule has 2 N–H and O–H groups in total. The van der Waals surface area contributed by atoms with Crippen molar-refractivity contribution < 1.29 is 14.6 Å². The summed E-state index contributed by atoms with van der Waals surface area (Å²) < 4.78 is 6.21. The van der Waals surface area contributed by atoms with Crippen LogP contribution in [0.2, 0.25) is 4.34 Å². The van der Waals surface area contributed by atoms with Crippen molar-refractivity contribution in [3.8, 4) is 0 Å². The van der Waals surface area contributed by atoms with Gasteiger partial charge in [-0.15, -0.1) is 11.3 Å². The van der Waals surface area contributed by atoms with E-state index in [0.717, 1.165) is 10.8 Å². The summed E-state index contributed by atoms with van der Waals surface area (Å²) in [6.45, 7) is 2.73. The van der Waals surface area contributed by atoms with E-state index in [0.29, 0.717) is 13.0 Å². The number of aliphatic carboxylic acids is 1. The minimum absolute atomic E-state index is 0.0102. The molecule has 3 unspecified atom stereocenters. The number of thiophene rings is 1. The Balaban J connectivity index is 1.77. The van der Waals surface area contributed by atoms with Crippen LogP contribution in [0.4, 0.5) is 0 Å². The second-order valence-corrected chi connectivity index (χ2v) is 6.18. The molecule has 1 aliphatic rings. The fraction of sp³-hybridized carbons (Fsp3) is 0.583. The summed E-state index contributed by atoms with van der Waals surface area (Å²) in [5, 5.41) is 12.2. The lowest BCUT2D eigenvalue weighted by molar-refractivity contribution is -0.149. The zero-order chi connectivity index (χ0) is 13.1. The van der Waals surface area contributed by atoms with Gasteiger partial charge in [-0.3, -0.25) is 0 Å². The number of hydrogen-bond acceptors (Lipinski definition) is 4. The fourth-order valence-corrected chi connectivity index (χ4v) is 3.10. The van der Waals surface area contributed by atoms with Crippen LogP contribution in [0, 0.1) is 0 Å². The van der Waals surface area contributed by atoms with Crippen molar-refractivity contribution in [2.45, 2.75) is 38.0 Å². The van der Waals surface area contributed by atoms with Crippen molar-refractivity contribution >= 4 is 28.9 Å². The minimum Gasteiger partial charge on any atom is -0.479 e. The quantitative estimate of drug-likeness (QED) is 0.875. The van der Waals surface area contributed by atoms with Crippen LogP contribution in [0.5, 0.6) is 0 Å². The number of ether oxygens (including phenoxy) is 1. The summed E-state index contributed by atoms with van der Waals surface area (Å²) in [5.74, 6) is -0.865. The number of carbonyl (C=O) groups is 1. The van der Waals surface area contributed by atoms with E-state index < -0.39 is 12.1 Å². The maximum absolute atomic E-state index is 10.8. The van der Waals surface area contributed by atoms with Crippen LogP contribution in [0.3, 0.4) is 0 Å². The molecule has 1 aromatic rings. The highest BCUT2D eigenvalue weighted by atomic mass is 35.5. The van der Waals surface area contributed by atoms with Gasteiger partial charge in [-0.25, -0.2) is 4.79 Å². The average Bonchev–Trinajstić information content (AvgIpc) is 2.94. The number of carboxylic acid groups (broad SMARTS) is 1. The van der Waals surface area contributed by atoms with Gasteiger partial charge >= 0.3 is 5.97 Å². The van der Waals surface area contributed by atoms with Crippen LogP contribution >= 0.6 is 22.9 Å². The van der Waals surface area contributed by atoms with Crippen molar-refractivity contribution in [1.82, 2.24) is 5.32 Å². The zero-order valence-corrected chi connectivity index (χ0v) is 11.6. The summed E-state index contributed by atoms with van der Waals surface area (Å²) in [7, 11) is 0. The summed E-state index contributed by atoms with van der Waals surface area (Å²) in [6.07, 6.45) is 0.746. The molecule has 2 heterocycles. The van der Waals surface area contributed by atoms with Crippen molar-refractivity contribution in [2.24, 2.45) is 0 Å². The lowest BCUT2D eigenvalue weighted by Crippen LogP contribution is -2.30. The molecule has 1 saturated heterocycles. The predicted octanol–water partition coefficient (Wildman–Crippen LogP) is 2.68. The van der Waals surface area contributed by atoms with Crippen molar-refractivity contribution in [2.75, 3.05) is 6.54 Å². The SMILES string of the molecule is CC(NCC1CCC(C(=O)O)O1)c1ccc(Cl)s1. The highest BCUT2D eigenvalue weighted by molar-refractivity contribution is 7.16. The standard InChI is InChI=1S/C12H16ClNO3S/c1-7(10-4-5-11(13)18-10)14-6-8-2-3-9(17-8)12(15)16/h4-5,7-9,14H,2-3,6H2,1H3,(H,15,16). The molecule has 0 radical (unpaired) electrons. The van der Waals surface area contributed by atoms with Crippen molar-refractivity contribution in [3.05, 3.63) is 21.3 Å². The first kappa shape index (κ1) is 13.8. The van der Waals surface area contributed by atoms with Gasteiger partial charge in [0.05, 0.1) is 10.4 Å². The Hall–Kier alpha value is -0.620. The molecule has 1 aliphatic heterocycles. The first-order chi connectivity index (χ1) is 8.56. The molecular weight excluding hydrogens is 274 g/mol. The monoisotopic (exact) mass is 289 g/mol. The van der Waals surface area contributed by atoms with E-state index in [1.807, 2.05) is 12.1 Å². The number of carboxylic acids is 1. The normalized spacial score (nSPS) is 25.2. The van der Waals surface area contributed by atoms with Crippen LogP contribution in [0.15, 0.2) is 12.1 Å². The smallest absolute Gasteiger partial charge is 0.332 e. The van der Waals surface area contributed by atoms with Gasteiger partial charge in [0.1, 0.15) is 0 Å². The number of nitrogens with one attached hydrogen (secondary N) is 1. The predicted molar refractivity (Wildman–Crippen MR) is 71.3 cm³/mol. The first-order valence-corrected chi connectivity index (χ1v) is 7.12. The van der Waals surface area contributed by atoms with E-state index in [1.54, 1.807) is 11.3 Å². The molecule has 100 valence electrons.